The van der Waals surface area contributed by atoms with Crippen LogP contribution in [0.3, 0.4) is 0 Å². The van der Waals surface area contributed by atoms with Gasteiger partial charge < -0.3 is 4.72 Å². The van der Waals surface area contributed by atoms with E-state index in [-0.39, 0.29) is 10.7 Å². The minimum Gasteiger partial charge on any atom is -0.335 e. The molecule has 1 unspecified atom stereocenters. The number of aromatic nitrogens is 1. The second kappa shape index (κ2) is 3.37. The molecule has 0 amide bonds. The molecule has 0 radical (unpaired) electrons. The summed E-state index contributed by atoms with van der Waals surface area (Å²) in [7, 11) is -0.00654. The Morgan fingerprint density at radius 3 is 3.00 bits per heavy atom. The summed E-state index contributed by atoms with van der Waals surface area (Å²) >= 11 is 0. The Bertz CT molecular complexity index is 220. The number of pyridine rings is 1. The molecule has 0 fully saturated rings. The lowest BCUT2D eigenvalue weighted by Crippen LogP contribution is -1.87. The molecule has 0 aliphatic heterocycles. The van der Waals surface area contributed by atoms with Crippen LogP contribution in [0.2, 0.25) is 0 Å². The van der Waals surface area contributed by atoms with Crippen molar-refractivity contribution in [2.75, 3.05) is 11.0 Å². The van der Waals surface area contributed by atoms with Crippen LogP contribution in [0, 0.1) is 0 Å². The zero-order valence-corrected chi connectivity index (χ0v) is 6.69. The lowest BCUT2D eigenvalue weighted by molar-refractivity contribution is 1.33. The van der Waals surface area contributed by atoms with Gasteiger partial charge in [-0.25, -0.2) is 0 Å². The first-order valence-corrected chi connectivity index (χ1v) is 4.71. The number of hydrogen-bond acceptors (Lipinski definition) is 2. The Morgan fingerprint density at radius 2 is 2.50 bits per heavy atom. The van der Waals surface area contributed by atoms with Gasteiger partial charge in [0.1, 0.15) is 0 Å². The van der Waals surface area contributed by atoms with Crippen LogP contribution in [-0.2, 0) is 0 Å². The molecule has 0 aliphatic rings. The Morgan fingerprint density at radius 1 is 1.70 bits per heavy atom. The van der Waals surface area contributed by atoms with Crippen molar-refractivity contribution in [2.24, 2.45) is 0 Å². The van der Waals surface area contributed by atoms with Crippen LogP contribution in [0.25, 0.3) is 0 Å². The van der Waals surface area contributed by atoms with Gasteiger partial charge in [0, 0.05) is 6.20 Å². The van der Waals surface area contributed by atoms with Gasteiger partial charge in [-0.05, 0) is 18.4 Å². The van der Waals surface area contributed by atoms with Gasteiger partial charge in [-0.3, -0.25) is 4.98 Å². The molecule has 1 N–H and O–H groups in total. The molecular weight excluding hydrogens is 144 g/mol. The molecular formula is C7H10N2S. The summed E-state index contributed by atoms with van der Waals surface area (Å²) in [6.07, 6.45) is 5.56. The summed E-state index contributed by atoms with van der Waals surface area (Å²) in [5, 5.41) is 0. The van der Waals surface area contributed by atoms with E-state index in [1.165, 1.54) is 0 Å². The smallest absolute Gasteiger partial charge is 0.0621 e. The molecule has 54 valence electrons. The molecule has 0 saturated carbocycles. The summed E-state index contributed by atoms with van der Waals surface area (Å²) in [6, 6.07) is 3.87. The first-order valence-electron chi connectivity index (χ1n) is 2.91. The van der Waals surface area contributed by atoms with Crippen molar-refractivity contribution >= 4 is 22.2 Å². The van der Waals surface area contributed by atoms with Gasteiger partial charge in [0.05, 0.1) is 11.9 Å². The van der Waals surface area contributed by atoms with E-state index in [0.717, 1.165) is 5.69 Å². The average molecular weight is 154 g/mol. The van der Waals surface area contributed by atoms with E-state index in [0.29, 0.717) is 0 Å². The van der Waals surface area contributed by atoms with Crippen molar-refractivity contribution in [1.82, 2.24) is 4.98 Å². The highest BCUT2D eigenvalue weighted by molar-refractivity contribution is 8.14. The van der Waals surface area contributed by atoms with E-state index in [1.807, 2.05) is 18.4 Å². The fraction of sp³-hybridized carbons (Fsp3) is 0.143. The zero-order chi connectivity index (χ0) is 7.40. The highest BCUT2D eigenvalue weighted by atomic mass is 32.2. The molecule has 10 heavy (non-hydrogen) atoms. The van der Waals surface area contributed by atoms with E-state index in [2.05, 4.69) is 15.6 Å². The molecule has 0 aromatic carbocycles. The lowest BCUT2D eigenvalue weighted by atomic mass is 10.4. The van der Waals surface area contributed by atoms with E-state index < -0.39 is 0 Å². The Hall–Kier alpha value is -0.830. The van der Waals surface area contributed by atoms with Crippen LogP contribution in [0.4, 0.5) is 5.69 Å². The summed E-state index contributed by atoms with van der Waals surface area (Å²) in [5.41, 5.74) is 1.03. The van der Waals surface area contributed by atoms with Gasteiger partial charge in [-0.2, -0.15) is 0 Å². The number of nitrogens with one attached hydrogen (secondary N) is 1. The Labute approximate surface area is 63.4 Å². The summed E-state index contributed by atoms with van der Waals surface area (Å²) in [5.74, 6) is 3.82. The Balaban J connectivity index is 2.67. The van der Waals surface area contributed by atoms with E-state index in [9.17, 15) is 0 Å². The summed E-state index contributed by atoms with van der Waals surface area (Å²) in [6.45, 7) is 0. The fourth-order valence-corrected chi connectivity index (χ4v) is 1.15. The number of nitrogens with zero attached hydrogens (tertiary/aromatic N) is 1. The molecule has 0 aliphatic carbocycles. The second-order valence-corrected chi connectivity index (χ2v) is 3.46. The molecule has 1 atom stereocenters. The molecule has 1 heterocycles. The highest BCUT2D eigenvalue weighted by Crippen LogP contribution is 2.10. The molecule has 0 saturated heterocycles. The third-order valence-electron chi connectivity index (χ3n) is 0.954. The van der Waals surface area contributed by atoms with E-state index in [4.69, 9.17) is 0 Å². The Kier molecular flexibility index (Phi) is 2.45. The van der Waals surface area contributed by atoms with Crippen LogP contribution >= 0.6 is 10.7 Å². The standard InChI is InChI=1S/C7H10N2S/c1-10(2)9-7-4-3-5-8-6-7/h3-6,9H,1H2,2H3. The van der Waals surface area contributed by atoms with Crippen molar-refractivity contribution in [2.45, 2.75) is 0 Å². The fourth-order valence-electron chi connectivity index (χ4n) is 0.624. The van der Waals surface area contributed by atoms with Gasteiger partial charge in [-0.15, -0.1) is 10.7 Å². The summed E-state index contributed by atoms with van der Waals surface area (Å²) in [4.78, 5) is 3.95. The predicted molar refractivity (Wildman–Crippen MR) is 48.5 cm³/mol. The summed E-state index contributed by atoms with van der Waals surface area (Å²) < 4.78 is 3.16. The van der Waals surface area contributed by atoms with Crippen molar-refractivity contribution in [3.63, 3.8) is 0 Å². The number of anilines is 1. The first-order chi connectivity index (χ1) is 4.79. The molecule has 2 nitrogen and oxygen atoms in total. The molecule has 0 bridgehead atoms. The van der Waals surface area contributed by atoms with Crippen LogP contribution in [0.15, 0.2) is 24.5 Å². The maximum atomic E-state index is 3.95. The molecule has 1 aromatic rings. The molecule has 0 spiro atoms. The molecule has 1 rings (SSSR count). The second-order valence-electron chi connectivity index (χ2n) is 1.98. The average Bonchev–Trinajstić information content (AvgIpc) is 1.88. The SMILES string of the molecule is C=S(C)Nc1cccnc1. The largest absolute Gasteiger partial charge is 0.335 e. The van der Waals surface area contributed by atoms with Crippen LogP contribution < -0.4 is 4.72 Å². The van der Waals surface area contributed by atoms with Gasteiger partial charge >= 0.3 is 0 Å². The number of rotatable bonds is 2. The van der Waals surface area contributed by atoms with E-state index >= 15 is 0 Å². The highest BCUT2D eigenvalue weighted by Gasteiger charge is 1.85. The monoisotopic (exact) mass is 154 g/mol. The minimum atomic E-state index is -0.00654. The van der Waals surface area contributed by atoms with Crippen molar-refractivity contribution in [3.8, 4) is 0 Å². The van der Waals surface area contributed by atoms with Crippen LogP contribution in [0.5, 0.6) is 0 Å². The minimum absolute atomic E-state index is 0.00654. The maximum absolute atomic E-state index is 3.95. The topological polar surface area (TPSA) is 24.9 Å². The molecule has 1 aromatic heterocycles. The zero-order valence-electron chi connectivity index (χ0n) is 5.87. The van der Waals surface area contributed by atoms with Crippen molar-refractivity contribution in [1.29, 1.82) is 0 Å². The predicted octanol–water partition coefficient (Wildman–Crippen LogP) is 1.74. The molecule has 3 heteroatoms. The normalized spacial score (nSPS) is 12.5. The third-order valence-corrected chi connectivity index (χ3v) is 1.54. The van der Waals surface area contributed by atoms with Gasteiger partial charge in [0.15, 0.2) is 0 Å². The van der Waals surface area contributed by atoms with E-state index in [1.54, 1.807) is 12.4 Å². The third kappa shape index (κ3) is 2.19. The van der Waals surface area contributed by atoms with Gasteiger partial charge in [0.2, 0.25) is 0 Å². The van der Waals surface area contributed by atoms with Crippen LogP contribution in [0.1, 0.15) is 0 Å². The quantitative estimate of drug-likeness (QED) is 0.656. The van der Waals surface area contributed by atoms with Crippen molar-refractivity contribution < 1.29 is 0 Å². The van der Waals surface area contributed by atoms with Crippen molar-refractivity contribution in [3.05, 3.63) is 24.5 Å². The lowest BCUT2D eigenvalue weighted by Gasteiger charge is -2.03. The first kappa shape index (κ1) is 7.28. The maximum Gasteiger partial charge on any atom is 0.0621 e. The number of hydrogen-bond donors (Lipinski definition) is 1. The van der Waals surface area contributed by atoms with Gasteiger partial charge in [0.25, 0.3) is 0 Å². The van der Waals surface area contributed by atoms with Gasteiger partial charge in [-0.1, -0.05) is 5.87 Å². The van der Waals surface area contributed by atoms with Crippen LogP contribution in [-0.4, -0.2) is 17.1 Å².